The highest BCUT2D eigenvalue weighted by atomic mass is 31.2. The van der Waals surface area contributed by atoms with Gasteiger partial charge >= 0.3 is 7.60 Å². The molecule has 7 heteroatoms. The lowest BCUT2D eigenvalue weighted by Crippen LogP contribution is -2.22. The van der Waals surface area contributed by atoms with Crippen molar-refractivity contribution in [1.82, 2.24) is 9.97 Å². The highest BCUT2D eigenvalue weighted by molar-refractivity contribution is 7.52. The van der Waals surface area contributed by atoms with Crippen LogP contribution in [0, 0.1) is 0 Å². The Morgan fingerprint density at radius 2 is 2.25 bits per heavy atom. The fourth-order valence-electron chi connectivity index (χ4n) is 0.662. The molecule has 1 heterocycles. The third-order valence-corrected chi connectivity index (χ3v) is 2.86. The average molecular weight is 192 g/mol. The Kier molecular flexibility index (Phi) is 2.09. The first-order valence-corrected chi connectivity index (χ1v) is 4.75. The number of aliphatic hydroxyl groups is 1. The second kappa shape index (κ2) is 2.67. The van der Waals surface area contributed by atoms with Crippen LogP contribution in [0.1, 0.15) is 12.7 Å². The summed E-state index contributed by atoms with van der Waals surface area (Å²) < 4.78 is 10.7. The van der Waals surface area contributed by atoms with E-state index in [1.54, 1.807) is 0 Å². The van der Waals surface area contributed by atoms with Crippen molar-refractivity contribution in [2.45, 2.75) is 12.3 Å². The molecule has 0 amide bonds. The summed E-state index contributed by atoms with van der Waals surface area (Å²) in [5, 5.41) is 7.11. The van der Waals surface area contributed by atoms with Gasteiger partial charge in [-0.3, -0.25) is 4.57 Å². The first-order chi connectivity index (χ1) is 5.36. The fourth-order valence-corrected chi connectivity index (χ4v) is 1.06. The third kappa shape index (κ3) is 1.42. The monoisotopic (exact) mass is 192 g/mol. The number of H-pyrrole nitrogens is 1. The van der Waals surface area contributed by atoms with Gasteiger partial charge < -0.3 is 19.9 Å². The summed E-state index contributed by atoms with van der Waals surface area (Å²) in [6.07, 6.45) is 2.68. The van der Waals surface area contributed by atoms with Crippen LogP contribution in [0.5, 0.6) is 0 Å². The van der Waals surface area contributed by atoms with Crippen LogP contribution in [0.3, 0.4) is 0 Å². The van der Waals surface area contributed by atoms with Gasteiger partial charge in [-0.15, -0.1) is 0 Å². The van der Waals surface area contributed by atoms with Crippen LogP contribution in [0.15, 0.2) is 12.4 Å². The largest absolute Gasteiger partial charge is 0.371 e. The fraction of sp³-hybridized carbons (Fsp3) is 0.400. The Morgan fingerprint density at radius 1 is 1.67 bits per heavy atom. The van der Waals surface area contributed by atoms with E-state index in [9.17, 15) is 9.67 Å². The summed E-state index contributed by atoms with van der Waals surface area (Å²) in [5.41, 5.74) is 0. The molecule has 68 valence electrons. The minimum atomic E-state index is -4.60. The second-order valence-corrected chi connectivity index (χ2v) is 4.46. The maximum absolute atomic E-state index is 10.7. The number of nitrogens with zero attached hydrogens (tertiary/aromatic N) is 1. The number of aromatic nitrogens is 2. The number of nitrogens with one attached hydrogen (secondary N) is 1. The first-order valence-electron chi connectivity index (χ1n) is 3.13. The zero-order chi connectivity index (χ0) is 9.41. The highest BCUT2D eigenvalue weighted by Gasteiger charge is 2.44. The summed E-state index contributed by atoms with van der Waals surface area (Å²) in [5.74, 6) is -0.143. The molecule has 4 N–H and O–H groups in total. The smallest absolute Gasteiger partial charge is 0.364 e. The van der Waals surface area contributed by atoms with Crippen molar-refractivity contribution < 1.29 is 19.5 Å². The van der Waals surface area contributed by atoms with E-state index in [2.05, 4.69) is 9.97 Å². The molecule has 1 rings (SSSR count). The van der Waals surface area contributed by atoms with Crippen LogP contribution in [-0.2, 0) is 9.91 Å². The van der Waals surface area contributed by atoms with E-state index in [1.807, 2.05) is 0 Å². The third-order valence-electron chi connectivity index (χ3n) is 1.51. The molecule has 0 bridgehead atoms. The molecule has 1 aromatic heterocycles. The molecule has 1 aromatic rings. The van der Waals surface area contributed by atoms with Crippen molar-refractivity contribution in [1.29, 1.82) is 0 Å². The molecular weight excluding hydrogens is 183 g/mol. The van der Waals surface area contributed by atoms with E-state index >= 15 is 0 Å². The number of hydrogen-bond acceptors (Lipinski definition) is 3. The van der Waals surface area contributed by atoms with Crippen LogP contribution < -0.4 is 0 Å². The molecule has 0 aromatic carbocycles. The van der Waals surface area contributed by atoms with Gasteiger partial charge in [0.05, 0.1) is 0 Å². The van der Waals surface area contributed by atoms with Crippen molar-refractivity contribution in [3.63, 3.8) is 0 Å². The van der Waals surface area contributed by atoms with Crippen LogP contribution in [-0.4, -0.2) is 24.9 Å². The van der Waals surface area contributed by atoms with Gasteiger partial charge in [0.25, 0.3) is 0 Å². The quantitative estimate of drug-likeness (QED) is 0.483. The minimum Gasteiger partial charge on any atom is -0.371 e. The van der Waals surface area contributed by atoms with E-state index in [0.29, 0.717) is 0 Å². The highest BCUT2D eigenvalue weighted by Crippen LogP contribution is 2.53. The molecule has 0 aliphatic heterocycles. The lowest BCUT2D eigenvalue weighted by molar-refractivity contribution is 0.100. The average Bonchev–Trinajstić information content (AvgIpc) is 2.34. The Hall–Kier alpha value is -0.680. The second-order valence-electron chi connectivity index (χ2n) is 2.50. The molecule has 0 spiro atoms. The molecule has 1 atom stereocenters. The minimum absolute atomic E-state index is 0.143. The number of aromatic amines is 1. The van der Waals surface area contributed by atoms with Crippen LogP contribution in [0.4, 0.5) is 0 Å². The van der Waals surface area contributed by atoms with Gasteiger partial charge in [0.2, 0.25) is 5.34 Å². The van der Waals surface area contributed by atoms with E-state index in [0.717, 1.165) is 6.92 Å². The van der Waals surface area contributed by atoms with Crippen LogP contribution >= 0.6 is 7.60 Å². The summed E-state index contributed by atoms with van der Waals surface area (Å²) in [4.78, 5) is 23.4. The van der Waals surface area contributed by atoms with Crippen molar-refractivity contribution in [3.8, 4) is 0 Å². The Labute approximate surface area is 68.4 Å². The van der Waals surface area contributed by atoms with E-state index < -0.39 is 12.9 Å². The normalized spacial score (nSPS) is 17.3. The predicted octanol–water partition coefficient (Wildman–Crippen LogP) is -0.248. The van der Waals surface area contributed by atoms with Crippen molar-refractivity contribution >= 4 is 7.60 Å². The molecule has 0 fully saturated rings. The predicted molar refractivity (Wildman–Crippen MR) is 40.2 cm³/mol. The van der Waals surface area contributed by atoms with E-state index in [1.165, 1.54) is 12.4 Å². The molecule has 12 heavy (non-hydrogen) atoms. The number of imidazole rings is 1. The van der Waals surface area contributed by atoms with Crippen LogP contribution in [0.2, 0.25) is 0 Å². The Balaban J connectivity index is 3.11. The lowest BCUT2D eigenvalue weighted by Gasteiger charge is -2.21. The first kappa shape index (κ1) is 9.41. The standard InChI is InChI=1S/C5H9N2O4P/c1-5(8,12(9,10)11)4-6-2-3-7-4/h2-3,8H,1H3,(H,6,7)(H2,9,10,11). The van der Waals surface area contributed by atoms with Gasteiger partial charge in [0, 0.05) is 12.4 Å². The molecule has 0 aliphatic rings. The summed E-state index contributed by atoms with van der Waals surface area (Å²) in [6.45, 7) is 1.01. The van der Waals surface area contributed by atoms with Crippen molar-refractivity contribution in [2.75, 3.05) is 0 Å². The van der Waals surface area contributed by atoms with Gasteiger partial charge in [0.1, 0.15) is 0 Å². The van der Waals surface area contributed by atoms with Gasteiger partial charge in [-0.2, -0.15) is 0 Å². The maximum atomic E-state index is 10.7. The summed E-state index contributed by atoms with van der Waals surface area (Å²) in [7, 11) is -4.60. The van der Waals surface area contributed by atoms with Gasteiger partial charge in [-0.1, -0.05) is 0 Å². The molecule has 0 saturated carbocycles. The summed E-state index contributed by atoms with van der Waals surface area (Å²) in [6, 6.07) is 0. The van der Waals surface area contributed by atoms with E-state index in [-0.39, 0.29) is 5.82 Å². The molecule has 0 saturated heterocycles. The molecule has 6 nitrogen and oxygen atoms in total. The molecule has 0 aliphatic carbocycles. The molecule has 0 radical (unpaired) electrons. The van der Waals surface area contributed by atoms with Gasteiger partial charge in [-0.05, 0) is 6.92 Å². The van der Waals surface area contributed by atoms with Gasteiger partial charge in [-0.25, -0.2) is 4.98 Å². The summed E-state index contributed by atoms with van der Waals surface area (Å²) >= 11 is 0. The maximum Gasteiger partial charge on any atom is 0.364 e. The van der Waals surface area contributed by atoms with Crippen molar-refractivity contribution in [3.05, 3.63) is 18.2 Å². The SMILES string of the molecule is CC(O)(c1ncc[nH]1)P(=O)(O)O. The zero-order valence-electron chi connectivity index (χ0n) is 6.30. The number of hydrogen-bond donors (Lipinski definition) is 4. The number of rotatable bonds is 2. The molecular formula is C5H9N2O4P. The van der Waals surface area contributed by atoms with E-state index in [4.69, 9.17) is 9.79 Å². The van der Waals surface area contributed by atoms with Crippen LogP contribution in [0.25, 0.3) is 0 Å². The molecule has 1 unspecified atom stereocenters. The van der Waals surface area contributed by atoms with Gasteiger partial charge in [0.15, 0.2) is 5.82 Å². The van der Waals surface area contributed by atoms with Crippen molar-refractivity contribution in [2.24, 2.45) is 0 Å². The lowest BCUT2D eigenvalue weighted by atomic mass is 10.4. The topological polar surface area (TPSA) is 106 Å². The zero-order valence-corrected chi connectivity index (χ0v) is 7.19. The Morgan fingerprint density at radius 3 is 2.58 bits per heavy atom. The Bertz CT molecular complexity index is 301.